The molecule has 4 nitrogen and oxygen atoms in total. The van der Waals surface area contributed by atoms with Gasteiger partial charge in [0, 0.05) is 22.5 Å². The van der Waals surface area contributed by atoms with Gasteiger partial charge < -0.3 is 11.5 Å². The number of benzene rings is 2. The fourth-order valence-corrected chi connectivity index (χ4v) is 1.74. The zero-order valence-electron chi connectivity index (χ0n) is 10.7. The summed E-state index contributed by atoms with van der Waals surface area (Å²) in [4.78, 5) is 22.4. The number of fused-ring (bicyclic) bond motifs is 1. The monoisotopic (exact) mass is 266 g/mol. The van der Waals surface area contributed by atoms with Gasteiger partial charge >= 0.3 is 0 Å². The smallest absolute Gasteiger partial charge is 0.186 e. The Hall–Kier alpha value is -2.88. The maximum absolute atomic E-state index is 11.2. The summed E-state index contributed by atoms with van der Waals surface area (Å²) in [7, 11) is 0. The van der Waals surface area contributed by atoms with Crippen LogP contribution in [0.4, 0.5) is 11.4 Å². The van der Waals surface area contributed by atoms with Gasteiger partial charge in [-0.3, -0.25) is 9.59 Å². The van der Waals surface area contributed by atoms with Crippen molar-refractivity contribution in [2.75, 3.05) is 11.5 Å². The number of ketones is 2. The summed E-state index contributed by atoms with van der Waals surface area (Å²) < 4.78 is 0. The van der Waals surface area contributed by atoms with Crippen LogP contribution in [0.5, 0.6) is 0 Å². The molecule has 3 rings (SSSR count). The highest BCUT2D eigenvalue weighted by molar-refractivity contribution is 6.21. The second-order valence-corrected chi connectivity index (χ2v) is 4.27. The van der Waals surface area contributed by atoms with Gasteiger partial charge in [-0.2, -0.15) is 0 Å². The van der Waals surface area contributed by atoms with E-state index in [0.717, 1.165) is 11.4 Å². The Kier molecular flexibility index (Phi) is 3.96. The predicted molar refractivity (Wildman–Crippen MR) is 79.5 cm³/mol. The van der Waals surface area contributed by atoms with E-state index in [2.05, 4.69) is 0 Å². The van der Waals surface area contributed by atoms with E-state index in [0.29, 0.717) is 11.1 Å². The first-order valence-electron chi connectivity index (χ1n) is 6.04. The van der Waals surface area contributed by atoms with E-state index >= 15 is 0 Å². The van der Waals surface area contributed by atoms with Gasteiger partial charge in [0.1, 0.15) is 0 Å². The fourth-order valence-electron chi connectivity index (χ4n) is 1.74. The van der Waals surface area contributed by atoms with E-state index in [9.17, 15) is 9.59 Å². The van der Waals surface area contributed by atoms with Crippen LogP contribution in [0, 0.1) is 0 Å². The normalized spacial score (nSPS) is 12.4. The highest BCUT2D eigenvalue weighted by Crippen LogP contribution is 2.15. The van der Waals surface area contributed by atoms with Crippen LogP contribution in [0.15, 0.2) is 60.7 Å². The van der Waals surface area contributed by atoms with E-state index in [1.807, 2.05) is 0 Å². The summed E-state index contributed by atoms with van der Waals surface area (Å²) >= 11 is 0. The molecule has 1 aliphatic carbocycles. The Morgan fingerprint density at radius 3 is 1.30 bits per heavy atom. The van der Waals surface area contributed by atoms with Gasteiger partial charge in [-0.25, -0.2) is 0 Å². The highest BCUT2D eigenvalue weighted by Gasteiger charge is 2.16. The predicted octanol–water partition coefficient (Wildman–Crippen LogP) is 2.47. The minimum Gasteiger partial charge on any atom is -0.399 e. The number of rotatable bonds is 0. The lowest BCUT2D eigenvalue weighted by Crippen LogP contribution is -2.10. The topological polar surface area (TPSA) is 86.2 Å². The standard InChI is InChI=1S/C10H6O2.C6H8N2/c11-9-5-6-10(12)8-4-2-1-3-7(8)9;7-5-1-2-6(8)4-3-5/h1-6H;1-4H,7-8H2. The molecule has 0 radical (unpaired) electrons. The second kappa shape index (κ2) is 5.84. The SMILES string of the molecule is Nc1ccc(N)cc1.O=C1C=CC(=O)c2ccccc21. The largest absolute Gasteiger partial charge is 0.399 e. The van der Waals surface area contributed by atoms with Gasteiger partial charge in [0.2, 0.25) is 0 Å². The fraction of sp³-hybridized carbons (Fsp3) is 0. The Bertz CT molecular complexity index is 615. The van der Waals surface area contributed by atoms with E-state index in [1.54, 1.807) is 48.5 Å². The number of anilines is 2. The molecule has 0 saturated carbocycles. The van der Waals surface area contributed by atoms with Crippen LogP contribution in [-0.2, 0) is 0 Å². The Labute approximate surface area is 116 Å². The lowest BCUT2D eigenvalue weighted by molar-refractivity contribution is 0.0994. The third kappa shape index (κ3) is 3.11. The molecule has 0 unspecified atom stereocenters. The minimum absolute atomic E-state index is 0.0924. The van der Waals surface area contributed by atoms with Gasteiger partial charge in [-0.15, -0.1) is 0 Å². The highest BCUT2D eigenvalue weighted by atomic mass is 16.1. The summed E-state index contributed by atoms with van der Waals surface area (Å²) in [5, 5.41) is 0. The van der Waals surface area contributed by atoms with Crippen molar-refractivity contribution in [3.63, 3.8) is 0 Å². The van der Waals surface area contributed by atoms with Crippen LogP contribution in [0.1, 0.15) is 20.7 Å². The molecule has 0 aromatic heterocycles. The molecule has 1 aliphatic rings. The first-order valence-corrected chi connectivity index (χ1v) is 6.04. The molecule has 0 aliphatic heterocycles. The number of carbonyl (C=O) groups excluding carboxylic acids is 2. The summed E-state index contributed by atoms with van der Waals surface area (Å²) in [6.07, 6.45) is 2.62. The van der Waals surface area contributed by atoms with Gasteiger partial charge in [0.05, 0.1) is 0 Å². The number of allylic oxidation sites excluding steroid dienone is 2. The van der Waals surface area contributed by atoms with Gasteiger partial charge in [0.25, 0.3) is 0 Å². The summed E-state index contributed by atoms with van der Waals surface area (Å²) in [5.41, 5.74) is 13.2. The average molecular weight is 266 g/mol. The molecule has 2 aromatic carbocycles. The summed E-state index contributed by atoms with van der Waals surface area (Å²) in [6.45, 7) is 0. The quantitative estimate of drug-likeness (QED) is 0.717. The zero-order chi connectivity index (χ0) is 14.5. The molecule has 0 saturated heterocycles. The number of hydrogen-bond donors (Lipinski definition) is 2. The number of nitrogens with two attached hydrogens (primary N) is 2. The number of hydrogen-bond acceptors (Lipinski definition) is 4. The third-order valence-corrected chi connectivity index (χ3v) is 2.78. The van der Waals surface area contributed by atoms with Crippen molar-refractivity contribution >= 4 is 22.9 Å². The molecule has 0 heterocycles. The third-order valence-electron chi connectivity index (χ3n) is 2.78. The minimum atomic E-state index is -0.0924. The van der Waals surface area contributed by atoms with Crippen LogP contribution < -0.4 is 11.5 Å². The van der Waals surface area contributed by atoms with E-state index < -0.39 is 0 Å². The van der Waals surface area contributed by atoms with Gasteiger partial charge in [-0.1, -0.05) is 24.3 Å². The lowest BCUT2D eigenvalue weighted by Gasteiger charge is -2.06. The van der Waals surface area contributed by atoms with Crippen molar-refractivity contribution in [2.24, 2.45) is 0 Å². The van der Waals surface area contributed by atoms with E-state index in [4.69, 9.17) is 11.5 Å². The molecule has 4 N–H and O–H groups in total. The molecular formula is C16H14N2O2. The second-order valence-electron chi connectivity index (χ2n) is 4.27. The number of carbonyl (C=O) groups is 2. The molecule has 0 amide bonds. The van der Waals surface area contributed by atoms with Crippen molar-refractivity contribution in [1.82, 2.24) is 0 Å². The Morgan fingerprint density at radius 2 is 0.950 bits per heavy atom. The molecule has 0 atom stereocenters. The molecule has 20 heavy (non-hydrogen) atoms. The van der Waals surface area contributed by atoms with Gasteiger partial charge in [0.15, 0.2) is 11.6 Å². The van der Waals surface area contributed by atoms with Crippen LogP contribution in [0.25, 0.3) is 0 Å². The van der Waals surface area contributed by atoms with Crippen molar-refractivity contribution in [1.29, 1.82) is 0 Å². The molecule has 100 valence electrons. The van der Waals surface area contributed by atoms with Crippen molar-refractivity contribution < 1.29 is 9.59 Å². The lowest BCUT2D eigenvalue weighted by atomic mass is 9.95. The Balaban J connectivity index is 0.000000160. The molecule has 0 spiro atoms. The summed E-state index contributed by atoms with van der Waals surface area (Å²) in [6, 6.07) is 13.9. The van der Waals surface area contributed by atoms with Crippen molar-refractivity contribution in [3.05, 3.63) is 71.8 Å². The maximum Gasteiger partial charge on any atom is 0.186 e. The van der Waals surface area contributed by atoms with Crippen LogP contribution >= 0.6 is 0 Å². The maximum atomic E-state index is 11.2. The van der Waals surface area contributed by atoms with Crippen molar-refractivity contribution in [3.8, 4) is 0 Å². The van der Waals surface area contributed by atoms with E-state index in [-0.39, 0.29) is 11.6 Å². The summed E-state index contributed by atoms with van der Waals surface area (Å²) in [5.74, 6) is -0.185. The molecule has 0 fully saturated rings. The number of nitrogen functional groups attached to an aromatic ring is 2. The van der Waals surface area contributed by atoms with E-state index in [1.165, 1.54) is 12.2 Å². The first-order chi connectivity index (χ1) is 9.58. The molecule has 2 aromatic rings. The molecular weight excluding hydrogens is 252 g/mol. The first kappa shape index (κ1) is 13.5. The average Bonchev–Trinajstić information content (AvgIpc) is 2.47. The van der Waals surface area contributed by atoms with Crippen LogP contribution in [0.2, 0.25) is 0 Å². The molecule has 4 heteroatoms. The van der Waals surface area contributed by atoms with Crippen LogP contribution in [0.3, 0.4) is 0 Å². The zero-order valence-corrected chi connectivity index (χ0v) is 10.7. The van der Waals surface area contributed by atoms with Crippen LogP contribution in [-0.4, -0.2) is 11.6 Å². The van der Waals surface area contributed by atoms with Gasteiger partial charge in [-0.05, 0) is 36.4 Å². The van der Waals surface area contributed by atoms with Crippen molar-refractivity contribution in [2.45, 2.75) is 0 Å². The Morgan fingerprint density at radius 1 is 0.600 bits per heavy atom. The molecule has 0 bridgehead atoms.